The van der Waals surface area contributed by atoms with Gasteiger partial charge >= 0.3 is 0 Å². The van der Waals surface area contributed by atoms with Crippen LogP contribution in [0.1, 0.15) is 41.3 Å². The second-order valence-electron chi connectivity index (χ2n) is 9.05. The van der Waals surface area contributed by atoms with Crippen molar-refractivity contribution in [3.63, 3.8) is 0 Å². The van der Waals surface area contributed by atoms with Crippen molar-refractivity contribution < 1.29 is 22.8 Å². The predicted octanol–water partition coefficient (Wildman–Crippen LogP) is 5.54. The maximum Gasteiger partial charge on any atom is 0.254 e. The fourth-order valence-electron chi connectivity index (χ4n) is 4.14. The van der Waals surface area contributed by atoms with Crippen molar-refractivity contribution >= 4 is 22.8 Å². The minimum atomic E-state index is -0.543. The molecule has 0 saturated carbocycles. The lowest BCUT2D eigenvalue weighted by molar-refractivity contribution is -0.133. The number of rotatable bonds is 10. The molecule has 0 N–H and O–H groups in total. The Morgan fingerprint density at radius 1 is 0.868 bits per heavy atom. The van der Waals surface area contributed by atoms with Crippen LogP contribution in [0.4, 0.5) is 8.78 Å². The van der Waals surface area contributed by atoms with Crippen LogP contribution in [0.15, 0.2) is 88.3 Å². The third-order valence-corrected chi connectivity index (χ3v) is 6.22. The summed E-state index contributed by atoms with van der Waals surface area (Å²) < 4.78 is 32.9. The topological polar surface area (TPSA) is 70.8 Å². The zero-order valence-electron chi connectivity index (χ0n) is 21.0. The van der Waals surface area contributed by atoms with E-state index in [-0.39, 0.29) is 36.2 Å². The first-order valence-corrected chi connectivity index (χ1v) is 12.4. The molecule has 0 unspecified atom stereocenters. The second-order valence-corrected chi connectivity index (χ2v) is 9.05. The van der Waals surface area contributed by atoms with E-state index >= 15 is 0 Å². The number of benzene rings is 3. The molecule has 0 fully saturated rings. The Morgan fingerprint density at radius 3 is 2.37 bits per heavy atom. The van der Waals surface area contributed by atoms with E-state index in [0.717, 1.165) is 12.5 Å². The van der Waals surface area contributed by atoms with Crippen molar-refractivity contribution in [1.82, 2.24) is 9.80 Å². The van der Waals surface area contributed by atoms with E-state index in [1.54, 1.807) is 36.4 Å². The summed E-state index contributed by atoms with van der Waals surface area (Å²) in [6.07, 6.45) is 2.78. The van der Waals surface area contributed by atoms with E-state index < -0.39 is 23.4 Å². The largest absolute Gasteiger partial charge is 0.464 e. The van der Waals surface area contributed by atoms with Gasteiger partial charge in [-0.15, -0.1) is 0 Å². The Labute approximate surface area is 219 Å². The highest BCUT2D eigenvalue weighted by Crippen LogP contribution is 2.16. The quantitative estimate of drug-likeness (QED) is 0.276. The molecule has 1 heterocycles. The molecule has 4 aromatic rings. The standard InChI is InChI=1S/C30H28F2N2O4/c1-2-3-15-33(30(37)22-7-6-8-25(32)16-22)19-28(35)34(17-21-11-13-24(31)14-12-21)18-23-20-38-27-10-5-4-9-26(27)29(23)36/h4-14,16,20H,2-3,15,17-19H2,1H3. The van der Waals surface area contributed by atoms with Crippen molar-refractivity contribution in [3.05, 3.63) is 118 Å². The number of nitrogens with zero attached hydrogens (tertiary/aromatic N) is 2. The van der Waals surface area contributed by atoms with Crippen molar-refractivity contribution in [2.75, 3.05) is 13.1 Å². The lowest BCUT2D eigenvalue weighted by Crippen LogP contribution is -2.43. The van der Waals surface area contributed by atoms with Crippen LogP contribution in [0, 0.1) is 11.6 Å². The number of halogens is 2. The summed E-state index contributed by atoms with van der Waals surface area (Å²) in [7, 11) is 0. The molecule has 0 aliphatic rings. The molecule has 0 saturated heterocycles. The smallest absolute Gasteiger partial charge is 0.254 e. The molecular weight excluding hydrogens is 490 g/mol. The number of unbranched alkanes of at least 4 members (excludes halogenated alkanes) is 1. The summed E-state index contributed by atoms with van der Waals surface area (Å²) in [5, 5.41) is 0.394. The van der Waals surface area contributed by atoms with Crippen LogP contribution in [0.3, 0.4) is 0 Å². The zero-order chi connectivity index (χ0) is 27.1. The van der Waals surface area contributed by atoms with Gasteiger partial charge in [0.15, 0.2) is 5.43 Å². The second kappa shape index (κ2) is 12.3. The fourth-order valence-corrected chi connectivity index (χ4v) is 4.14. The van der Waals surface area contributed by atoms with E-state index in [2.05, 4.69) is 0 Å². The summed E-state index contributed by atoms with van der Waals surface area (Å²) >= 11 is 0. The molecule has 8 heteroatoms. The van der Waals surface area contributed by atoms with Gasteiger partial charge in [-0.2, -0.15) is 0 Å². The SMILES string of the molecule is CCCCN(CC(=O)N(Cc1ccc(F)cc1)Cc1coc2ccccc2c1=O)C(=O)c1cccc(F)c1. The van der Waals surface area contributed by atoms with Crippen LogP contribution >= 0.6 is 0 Å². The number of amides is 2. The van der Waals surface area contributed by atoms with Crippen molar-refractivity contribution in [1.29, 1.82) is 0 Å². The van der Waals surface area contributed by atoms with Gasteiger partial charge in [0.25, 0.3) is 5.91 Å². The highest BCUT2D eigenvalue weighted by Gasteiger charge is 2.24. The number of para-hydroxylation sites is 1. The summed E-state index contributed by atoms with van der Waals surface area (Å²) in [5.41, 5.74) is 1.25. The average molecular weight is 519 g/mol. The van der Waals surface area contributed by atoms with E-state index in [9.17, 15) is 23.2 Å². The lowest BCUT2D eigenvalue weighted by Gasteiger charge is -2.28. The maximum atomic E-state index is 13.8. The Balaban J connectivity index is 1.63. The summed E-state index contributed by atoms with van der Waals surface area (Å²) in [5.74, 6) is -1.83. The first kappa shape index (κ1) is 26.7. The maximum absolute atomic E-state index is 13.8. The molecule has 2 amide bonds. The van der Waals surface area contributed by atoms with E-state index in [0.29, 0.717) is 29.5 Å². The van der Waals surface area contributed by atoms with Gasteiger partial charge in [-0.05, 0) is 54.4 Å². The van der Waals surface area contributed by atoms with Crippen LogP contribution in [0.5, 0.6) is 0 Å². The van der Waals surface area contributed by atoms with Crippen molar-refractivity contribution in [2.24, 2.45) is 0 Å². The van der Waals surface area contributed by atoms with E-state index in [4.69, 9.17) is 4.42 Å². The highest BCUT2D eigenvalue weighted by atomic mass is 19.1. The van der Waals surface area contributed by atoms with Crippen molar-refractivity contribution in [3.8, 4) is 0 Å². The number of carbonyl (C=O) groups excluding carboxylic acids is 2. The third kappa shape index (κ3) is 6.51. The summed E-state index contributed by atoms with van der Waals surface area (Å²) in [6, 6.07) is 17.9. The van der Waals surface area contributed by atoms with Crippen molar-refractivity contribution in [2.45, 2.75) is 32.9 Å². The monoisotopic (exact) mass is 518 g/mol. The lowest BCUT2D eigenvalue weighted by atomic mass is 10.1. The molecule has 1 aromatic heterocycles. The Hall–Kier alpha value is -4.33. The number of hydrogen-bond acceptors (Lipinski definition) is 4. The summed E-state index contributed by atoms with van der Waals surface area (Å²) in [6.45, 7) is 2.02. The van der Waals surface area contributed by atoms with Crippen LogP contribution < -0.4 is 5.43 Å². The molecule has 0 aliphatic heterocycles. The third-order valence-electron chi connectivity index (χ3n) is 6.22. The zero-order valence-corrected chi connectivity index (χ0v) is 21.0. The first-order chi connectivity index (χ1) is 18.4. The molecule has 0 bridgehead atoms. The van der Waals surface area contributed by atoms with Crippen LogP contribution in [0.2, 0.25) is 0 Å². The first-order valence-electron chi connectivity index (χ1n) is 12.4. The minimum Gasteiger partial charge on any atom is -0.464 e. The molecule has 6 nitrogen and oxygen atoms in total. The van der Waals surface area contributed by atoms with Gasteiger partial charge in [-0.1, -0.05) is 43.7 Å². The number of hydrogen-bond donors (Lipinski definition) is 0. The normalized spacial score (nSPS) is 10.9. The number of carbonyl (C=O) groups is 2. The molecule has 0 radical (unpaired) electrons. The van der Waals surface area contributed by atoms with Gasteiger partial charge in [0.05, 0.1) is 23.8 Å². The van der Waals surface area contributed by atoms with Crippen LogP contribution in [0.25, 0.3) is 11.0 Å². The molecule has 0 aliphatic carbocycles. The molecule has 196 valence electrons. The minimum absolute atomic E-state index is 0.0703. The van der Waals surface area contributed by atoms with Gasteiger partial charge in [0.2, 0.25) is 5.91 Å². The Bertz CT molecular complexity index is 1480. The predicted molar refractivity (Wildman–Crippen MR) is 140 cm³/mol. The Kier molecular flexibility index (Phi) is 8.63. The van der Waals surface area contributed by atoms with Gasteiger partial charge in [0, 0.05) is 18.7 Å². The average Bonchev–Trinajstić information content (AvgIpc) is 2.92. The number of fused-ring (bicyclic) bond motifs is 1. The van der Waals surface area contributed by atoms with Gasteiger partial charge in [0.1, 0.15) is 23.8 Å². The molecular formula is C30H28F2N2O4. The van der Waals surface area contributed by atoms with E-state index in [1.165, 1.54) is 46.4 Å². The van der Waals surface area contributed by atoms with E-state index in [1.807, 2.05) is 6.92 Å². The highest BCUT2D eigenvalue weighted by molar-refractivity contribution is 5.96. The molecule has 0 atom stereocenters. The van der Waals surface area contributed by atoms with Crippen LogP contribution in [-0.4, -0.2) is 34.7 Å². The molecule has 4 rings (SSSR count). The molecule has 38 heavy (non-hydrogen) atoms. The van der Waals surface area contributed by atoms with Gasteiger partial charge in [-0.25, -0.2) is 8.78 Å². The molecule has 3 aromatic carbocycles. The van der Waals surface area contributed by atoms with Gasteiger partial charge < -0.3 is 14.2 Å². The molecule has 0 spiro atoms. The van der Waals surface area contributed by atoms with Crippen LogP contribution in [-0.2, 0) is 17.9 Å². The fraction of sp³-hybridized carbons (Fsp3) is 0.233. The Morgan fingerprint density at radius 2 is 1.63 bits per heavy atom. The van der Waals surface area contributed by atoms with Gasteiger partial charge in [-0.3, -0.25) is 14.4 Å². The summed E-state index contributed by atoms with van der Waals surface area (Å²) in [4.78, 5) is 42.8.